The zero-order valence-corrected chi connectivity index (χ0v) is 10.7. The van der Waals surface area contributed by atoms with E-state index in [1.165, 1.54) is 6.42 Å². The Morgan fingerprint density at radius 2 is 2.22 bits per heavy atom. The molecule has 94 valence electrons. The smallest absolute Gasteiger partial charge is 0.184 e. The molecule has 18 heavy (non-hydrogen) atoms. The van der Waals surface area contributed by atoms with Crippen molar-refractivity contribution in [1.82, 2.24) is 20.2 Å². The van der Waals surface area contributed by atoms with Crippen molar-refractivity contribution < 1.29 is 0 Å². The van der Waals surface area contributed by atoms with Crippen molar-refractivity contribution in [2.24, 2.45) is 11.8 Å². The van der Waals surface area contributed by atoms with Gasteiger partial charge in [0.2, 0.25) is 0 Å². The van der Waals surface area contributed by atoms with Crippen molar-refractivity contribution in [1.29, 1.82) is 0 Å². The lowest BCUT2D eigenvalue weighted by Crippen LogP contribution is -2.06. The molecule has 2 aromatic rings. The molecular formula is C13H17N5. The average molecular weight is 243 g/mol. The predicted octanol–water partition coefficient (Wildman–Crippen LogP) is 1.89. The Kier molecular flexibility index (Phi) is 2.54. The highest BCUT2D eigenvalue weighted by Gasteiger charge is 2.33. The summed E-state index contributed by atoms with van der Waals surface area (Å²) in [5.74, 6) is 2.27. The first-order chi connectivity index (χ1) is 8.65. The van der Waals surface area contributed by atoms with Gasteiger partial charge >= 0.3 is 0 Å². The van der Waals surface area contributed by atoms with E-state index in [1.807, 2.05) is 29.8 Å². The second-order valence-corrected chi connectivity index (χ2v) is 5.25. The van der Waals surface area contributed by atoms with E-state index in [-0.39, 0.29) is 0 Å². The number of nitrogens with two attached hydrogens (primary N) is 1. The fraction of sp³-hybridized carbons (Fsp3) is 0.462. The van der Waals surface area contributed by atoms with Crippen LogP contribution in [0.25, 0.3) is 11.4 Å². The number of tetrazole rings is 1. The summed E-state index contributed by atoms with van der Waals surface area (Å²) in [6.45, 7) is 5.19. The summed E-state index contributed by atoms with van der Waals surface area (Å²) >= 11 is 0. The second kappa shape index (κ2) is 4.08. The van der Waals surface area contributed by atoms with Crippen LogP contribution in [0.2, 0.25) is 0 Å². The van der Waals surface area contributed by atoms with E-state index in [2.05, 4.69) is 22.4 Å². The third-order valence-corrected chi connectivity index (χ3v) is 3.67. The molecule has 5 nitrogen and oxygen atoms in total. The van der Waals surface area contributed by atoms with E-state index >= 15 is 0 Å². The van der Waals surface area contributed by atoms with Gasteiger partial charge in [-0.15, -0.1) is 5.10 Å². The van der Waals surface area contributed by atoms with Crippen LogP contribution in [0.3, 0.4) is 0 Å². The summed E-state index contributed by atoms with van der Waals surface area (Å²) < 4.78 is 1.87. The molecule has 1 heterocycles. The number of hydrogen-bond acceptors (Lipinski definition) is 4. The number of hydrogen-bond donors (Lipinski definition) is 1. The summed E-state index contributed by atoms with van der Waals surface area (Å²) in [5, 5.41) is 12.0. The predicted molar refractivity (Wildman–Crippen MR) is 69.7 cm³/mol. The van der Waals surface area contributed by atoms with Crippen LogP contribution in [0, 0.1) is 18.8 Å². The Hall–Kier alpha value is -1.91. The van der Waals surface area contributed by atoms with Crippen molar-refractivity contribution in [3.8, 4) is 11.4 Å². The number of aryl methyl sites for hydroxylation is 1. The molecular weight excluding hydrogens is 226 g/mol. The van der Waals surface area contributed by atoms with Crippen LogP contribution in [-0.2, 0) is 6.54 Å². The first-order valence-corrected chi connectivity index (χ1v) is 6.28. The van der Waals surface area contributed by atoms with E-state index in [0.717, 1.165) is 35.1 Å². The first-order valence-electron chi connectivity index (χ1n) is 6.28. The summed E-state index contributed by atoms with van der Waals surface area (Å²) in [5.41, 5.74) is 8.82. The van der Waals surface area contributed by atoms with Gasteiger partial charge < -0.3 is 5.73 Å². The molecule has 5 heteroatoms. The fourth-order valence-electron chi connectivity index (χ4n) is 2.26. The minimum atomic E-state index is 0.707. The van der Waals surface area contributed by atoms with Crippen molar-refractivity contribution >= 4 is 5.69 Å². The van der Waals surface area contributed by atoms with Crippen LogP contribution in [0.15, 0.2) is 18.2 Å². The van der Waals surface area contributed by atoms with Gasteiger partial charge in [0, 0.05) is 17.8 Å². The topological polar surface area (TPSA) is 69.6 Å². The minimum absolute atomic E-state index is 0.707. The molecule has 1 aliphatic carbocycles. The lowest BCUT2D eigenvalue weighted by atomic mass is 10.1. The number of anilines is 1. The van der Waals surface area contributed by atoms with E-state index < -0.39 is 0 Å². The van der Waals surface area contributed by atoms with Gasteiger partial charge in [0.25, 0.3) is 0 Å². The molecule has 3 rings (SSSR count). The summed E-state index contributed by atoms with van der Waals surface area (Å²) in [4.78, 5) is 0. The molecule has 1 aliphatic rings. The molecule has 0 spiro atoms. The highest BCUT2D eigenvalue weighted by atomic mass is 15.5. The van der Waals surface area contributed by atoms with E-state index in [4.69, 9.17) is 5.73 Å². The van der Waals surface area contributed by atoms with E-state index in [9.17, 15) is 0 Å². The third kappa shape index (κ3) is 1.96. The SMILES string of the molecule is Cc1ccc(N)c(-c2nnnn2CC2CC2C)c1. The molecule has 1 aromatic heterocycles. The van der Waals surface area contributed by atoms with Crippen molar-refractivity contribution in [3.05, 3.63) is 23.8 Å². The van der Waals surface area contributed by atoms with Crippen molar-refractivity contribution in [2.45, 2.75) is 26.8 Å². The highest BCUT2D eigenvalue weighted by Crippen LogP contribution is 2.39. The van der Waals surface area contributed by atoms with Gasteiger partial charge in [0.1, 0.15) is 0 Å². The van der Waals surface area contributed by atoms with Crippen molar-refractivity contribution in [3.63, 3.8) is 0 Å². The molecule has 1 aromatic carbocycles. The maximum absolute atomic E-state index is 6.01. The normalized spacial score (nSPS) is 22.1. The maximum Gasteiger partial charge on any atom is 0.184 e. The van der Waals surface area contributed by atoms with E-state index in [1.54, 1.807) is 0 Å². The summed E-state index contributed by atoms with van der Waals surface area (Å²) in [7, 11) is 0. The molecule has 1 saturated carbocycles. The third-order valence-electron chi connectivity index (χ3n) is 3.67. The second-order valence-electron chi connectivity index (χ2n) is 5.25. The summed E-state index contributed by atoms with van der Waals surface area (Å²) in [6.07, 6.45) is 1.27. The van der Waals surface area contributed by atoms with Gasteiger partial charge in [-0.25, -0.2) is 4.68 Å². The van der Waals surface area contributed by atoms with Crippen LogP contribution in [-0.4, -0.2) is 20.2 Å². The Balaban J connectivity index is 1.96. The molecule has 1 fully saturated rings. The number of nitrogens with zero attached hydrogens (tertiary/aromatic N) is 4. The number of rotatable bonds is 3. The van der Waals surface area contributed by atoms with Crippen LogP contribution >= 0.6 is 0 Å². The zero-order chi connectivity index (χ0) is 12.7. The maximum atomic E-state index is 6.01. The summed E-state index contributed by atoms with van der Waals surface area (Å²) in [6, 6.07) is 5.94. The fourth-order valence-corrected chi connectivity index (χ4v) is 2.26. The van der Waals surface area contributed by atoms with Gasteiger partial charge in [-0.2, -0.15) is 0 Å². The largest absolute Gasteiger partial charge is 0.398 e. The first kappa shape index (κ1) is 11.2. The number of nitrogen functional groups attached to an aromatic ring is 1. The molecule has 2 N–H and O–H groups in total. The molecule has 0 aliphatic heterocycles. The highest BCUT2D eigenvalue weighted by molar-refractivity contribution is 5.72. The van der Waals surface area contributed by atoms with Crippen LogP contribution in [0.5, 0.6) is 0 Å². The number of aromatic nitrogens is 4. The minimum Gasteiger partial charge on any atom is -0.398 e. The Morgan fingerprint density at radius 1 is 1.44 bits per heavy atom. The lowest BCUT2D eigenvalue weighted by molar-refractivity contribution is 0.528. The van der Waals surface area contributed by atoms with Crippen LogP contribution in [0.1, 0.15) is 18.9 Å². The standard InChI is InChI=1S/C13H17N5/c1-8-3-4-12(14)11(5-8)13-15-16-17-18(13)7-10-6-9(10)2/h3-5,9-10H,6-7,14H2,1-2H3. The van der Waals surface area contributed by atoms with Crippen LogP contribution < -0.4 is 5.73 Å². The molecule has 0 saturated heterocycles. The molecule has 0 bridgehead atoms. The van der Waals surface area contributed by atoms with Gasteiger partial charge in [-0.05, 0) is 47.7 Å². The van der Waals surface area contributed by atoms with Gasteiger partial charge in [-0.1, -0.05) is 18.6 Å². The molecule has 0 amide bonds. The molecule has 2 atom stereocenters. The Bertz CT molecular complexity index is 575. The average Bonchev–Trinajstić information content (AvgIpc) is 2.86. The quantitative estimate of drug-likeness (QED) is 0.836. The Labute approximate surface area is 106 Å². The lowest BCUT2D eigenvalue weighted by Gasteiger charge is -2.07. The Morgan fingerprint density at radius 3 is 2.94 bits per heavy atom. The van der Waals surface area contributed by atoms with Crippen LogP contribution in [0.4, 0.5) is 5.69 Å². The van der Waals surface area contributed by atoms with E-state index in [0.29, 0.717) is 5.92 Å². The zero-order valence-electron chi connectivity index (χ0n) is 10.7. The van der Waals surface area contributed by atoms with Crippen molar-refractivity contribution in [2.75, 3.05) is 5.73 Å². The molecule has 0 radical (unpaired) electrons. The number of benzene rings is 1. The van der Waals surface area contributed by atoms with Gasteiger partial charge in [-0.3, -0.25) is 0 Å². The van der Waals surface area contributed by atoms with Gasteiger partial charge in [0.15, 0.2) is 5.82 Å². The van der Waals surface area contributed by atoms with Gasteiger partial charge in [0.05, 0.1) is 0 Å². The monoisotopic (exact) mass is 243 g/mol. The molecule has 2 unspecified atom stereocenters.